The third-order valence-electron chi connectivity index (χ3n) is 2.01. The van der Waals surface area contributed by atoms with Crippen LogP contribution in [-0.2, 0) is 21.1 Å². The summed E-state index contributed by atoms with van der Waals surface area (Å²) in [4.78, 5) is 17.8. The second-order valence-corrected chi connectivity index (χ2v) is 5.73. The Balaban J connectivity index is 2.69. The normalized spacial score (nSPS) is 38.9. The van der Waals surface area contributed by atoms with E-state index in [-0.39, 0.29) is 6.61 Å². The molecule has 1 saturated heterocycles. The Bertz CT molecular complexity index is 242. The van der Waals surface area contributed by atoms with Crippen molar-refractivity contribution in [3.63, 3.8) is 0 Å². The van der Waals surface area contributed by atoms with Gasteiger partial charge in [-0.1, -0.05) is 0 Å². The zero-order valence-electron chi connectivity index (χ0n) is 7.48. The predicted octanol–water partition coefficient (Wildman–Crippen LogP) is -1.28. The van der Waals surface area contributed by atoms with Crippen LogP contribution >= 0.6 is 6.72 Å². The van der Waals surface area contributed by atoms with Gasteiger partial charge in [0.1, 0.15) is 18.3 Å². The molecule has 0 aliphatic carbocycles. The Morgan fingerprint density at radius 3 is 2.50 bits per heavy atom. The van der Waals surface area contributed by atoms with Crippen LogP contribution in [0.3, 0.4) is 0 Å². The molecule has 1 fully saturated rings. The van der Waals surface area contributed by atoms with Crippen LogP contribution in [0.25, 0.3) is 0 Å². The van der Waals surface area contributed by atoms with E-state index in [2.05, 4.69) is 16.3 Å². The van der Waals surface area contributed by atoms with Crippen molar-refractivity contribution < 1.29 is 29.3 Å². The van der Waals surface area contributed by atoms with E-state index < -0.39 is 31.1 Å². The van der Waals surface area contributed by atoms with Gasteiger partial charge in [0, 0.05) is 0 Å². The zero-order chi connectivity index (χ0) is 10.9. The van der Waals surface area contributed by atoms with Gasteiger partial charge in [0.25, 0.3) is 0 Å². The Morgan fingerprint density at radius 1 is 1.50 bits per heavy atom. The van der Waals surface area contributed by atoms with Gasteiger partial charge in [-0.05, 0) is 18.7 Å². The largest absolute Gasteiger partial charge is 0.394 e. The van der Waals surface area contributed by atoms with Crippen molar-refractivity contribution in [2.45, 2.75) is 31.3 Å². The minimum atomic E-state index is -3.85. The topological polar surface area (TPSA) is 99.4 Å². The molecule has 0 spiro atoms. The first-order valence-corrected chi connectivity index (χ1v) is 6.66. The standard InChI is InChI=1S/C6H13O6PS/c1-3-5(8)6(4(2-7)11-3)12-13(9,10)14/h3-8H,2H2,1H3,(H2,9,10,14)/t3-,4+,5?,6-/m0/s1. The molecular weight excluding hydrogens is 231 g/mol. The molecule has 1 aliphatic heterocycles. The van der Waals surface area contributed by atoms with Crippen LogP contribution in [0.1, 0.15) is 6.92 Å². The molecule has 14 heavy (non-hydrogen) atoms. The van der Waals surface area contributed by atoms with Gasteiger partial charge in [-0.25, -0.2) is 0 Å². The first kappa shape index (κ1) is 12.5. The van der Waals surface area contributed by atoms with Gasteiger partial charge >= 0.3 is 6.72 Å². The highest BCUT2D eigenvalue weighted by molar-refractivity contribution is 8.06. The maximum atomic E-state index is 9.51. The Hall–Kier alpha value is 0.410. The van der Waals surface area contributed by atoms with Crippen molar-refractivity contribution in [1.29, 1.82) is 0 Å². The number of aliphatic hydroxyl groups is 2. The van der Waals surface area contributed by atoms with Crippen LogP contribution in [0.2, 0.25) is 0 Å². The molecule has 6 nitrogen and oxygen atoms in total. The first-order chi connectivity index (χ1) is 6.35. The summed E-state index contributed by atoms with van der Waals surface area (Å²) in [5.41, 5.74) is 0. The van der Waals surface area contributed by atoms with E-state index in [0.717, 1.165) is 0 Å². The highest BCUT2D eigenvalue weighted by atomic mass is 32.5. The number of rotatable bonds is 3. The van der Waals surface area contributed by atoms with Gasteiger partial charge in [-0.2, -0.15) is 0 Å². The molecule has 1 heterocycles. The zero-order valence-corrected chi connectivity index (χ0v) is 9.19. The van der Waals surface area contributed by atoms with E-state index in [9.17, 15) is 5.11 Å². The molecule has 0 aromatic heterocycles. The van der Waals surface area contributed by atoms with Gasteiger partial charge in [0.15, 0.2) is 0 Å². The lowest BCUT2D eigenvalue weighted by Crippen LogP contribution is -2.35. The average Bonchev–Trinajstić information content (AvgIpc) is 2.30. The Labute approximate surface area is 86.3 Å². The molecule has 4 N–H and O–H groups in total. The monoisotopic (exact) mass is 244 g/mol. The lowest BCUT2D eigenvalue weighted by molar-refractivity contribution is -0.0133. The molecular formula is C6H13O6PS. The molecule has 4 atom stereocenters. The second kappa shape index (κ2) is 4.51. The summed E-state index contributed by atoms with van der Waals surface area (Å²) in [7, 11) is 0. The molecule has 0 aromatic carbocycles. The quantitative estimate of drug-likeness (QED) is 0.459. The summed E-state index contributed by atoms with van der Waals surface area (Å²) in [5, 5.41) is 18.4. The van der Waals surface area contributed by atoms with Crippen LogP contribution in [0.15, 0.2) is 0 Å². The first-order valence-electron chi connectivity index (χ1n) is 4.03. The highest BCUT2D eigenvalue weighted by Crippen LogP contribution is 2.42. The van der Waals surface area contributed by atoms with Crippen LogP contribution in [0, 0.1) is 0 Å². The van der Waals surface area contributed by atoms with Gasteiger partial charge in [0.05, 0.1) is 12.7 Å². The molecule has 0 saturated carbocycles. The van der Waals surface area contributed by atoms with Gasteiger partial charge in [-0.15, -0.1) is 0 Å². The SMILES string of the molecule is C[C@@H]1O[C@H](CO)[C@H](OP(O)(O)=S)C1O. The third-order valence-corrected chi connectivity index (χ3v) is 2.79. The summed E-state index contributed by atoms with van der Waals surface area (Å²) in [6, 6.07) is 0. The Morgan fingerprint density at radius 2 is 2.07 bits per heavy atom. The number of aliphatic hydroxyl groups excluding tert-OH is 2. The van der Waals surface area contributed by atoms with Crippen LogP contribution < -0.4 is 0 Å². The van der Waals surface area contributed by atoms with Crippen LogP contribution in [0.4, 0.5) is 0 Å². The van der Waals surface area contributed by atoms with E-state index >= 15 is 0 Å². The average molecular weight is 244 g/mol. The fourth-order valence-electron chi connectivity index (χ4n) is 1.36. The second-order valence-electron chi connectivity index (χ2n) is 3.11. The van der Waals surface area contributed by atoms with E-state index in [1.54, 1.807) is 6.92 Å². The summed E-state index contributed by atoms with van der Waals surface area (Å²) in [6.45, 7) is -2.63. The van der Waals surface area contributed by atoms with E-state index in [4.69, 9.17) is 19.6 Å². The van der Waals surface area contributed by atoms with Crippen molar-refractivity contribution in [3.05, 3.63) is 0 Å². The number of hydrogen-bond donors (Lipinski definition) is 4. The van der Waals surface area contributed by atoms with Gasteiger partial charge in [0.2, 0.25) is 0 Å². The molecule has 0 bridgehead atoms. The highest BCUT2D eigenvalue weighted by Gasteiger charge is 2.44. The smallest absolute Gasteiger partial charge is 0.322 e. The maximum absolute atomic E-state index is 9.51. The fraction of sp³-hybridized carbons (Fsp3) is 1.00. The minimum Gasteiger partial charge on any atom is -0.394 e. The van der Waals surface area contributed by atoms with Crippen molar-refractivity contribution in [2.75, 3.05) is 6.61 Å². The molecule has 84 valence electrons. The van der Waals surface area contributed by atoms with Crippen molar-refractivity contribution in [1.82, 2.24) is 0 Å². The fourth-order valence-corrected chi connectivity index (χ4v) is 2.23. The van der Waals surface area contributed by atoms with Crippen molar-refractivity contribution in [2.24, 2.45) is 0 Å². The van der Waals surface area contributed by atoms with Crippen molar-refractivity contribution in [3.8, 4) is 0 Å². The van der Waals surface area contributed by atoms with Crippen molar-refractivity contribution >= 4 is 18.5 Å². The molecule has 0 amide bonds. The van der Waals surface area contributed by atoms with E-state index in [1.165, 1.54) is 0 Å². The van der Waals surface area contributed by atoms with Crippen LogP contribution in [0.5, 0.6) is 0 Å². The van der Waals surface area contributed by atoms with Gasteiger partial charge < -0.3 is 24.7 Å². The summed E-state index contributed by atoms with van der Waals surface area (Å²) >= 11 is 4.27. The molecule has 1 rings (SSSR count). The maximum Gasteiger partial charge on any atom is 0.322 e. The molecule has 0 aromatic rings. The lowest BCUT2D eigenvalue weighted by Gasteiger charge is -2.21. The number of hydrogen-bond acceptors (Lipinski definition) is 5. The molecule has 1 unspecified atom stereocenters. The minimum absolute atomic E-state index is 0.374. The molecule has 0 radical (unpaired) electrons. The summed E-state index contributed by atoms with van der Waals surface area (Å²) in [5.74, 6) is 0. The summed E-state index contributed by atoms with van der Waals surface area (Å²) in [6.07, 6.45) is -3.31. The number of ether oxygens (including phenoxy) is 1. The van der Waals surface area contributed by atoms with Crippen LogP contribution in [-0.4, -0.2) is 51.0 Å². The van der Waals surface area contributed by atoms with E-state index in [1.807, 2.05) is 0 Å². The molecule has 8 heteroatoms. The Kier molecular flexibility index (Phi) is 4.02. The predicted molar refractivity (Wildman–Crippen MR) is 51.0 cm³/mol. The lowest BCUT2D eigenvalue weighted by atomic mass is 10.1. The third kappa shape index (κ3) is 2.95. The summed E-state index contributed by atoms with van der Waals surface area (Å²) < 4.78 is 9.79. The van der Waals surface area contributed by atoms with Gasteiger partial charge in [-0.3, -0.25) is 4.52 Å². The molecule has 1 aliphatic rings. The van der Waals surface area contributed by atoms with E-state index in [0.29, 0.717) is 0 Å².